The molecule has 0 bridgehead atoms. The molecule has 0 fully saturated rings. The van der Waals surface area contributed by atoms with Gasteiger partial charge in [-0.3, -0.25) is 5.41 Å². The van der Waals surface area contributed by atoms with Crippen LogP contribution in [0.2, 0.25) is 0 Å². The van der Waals surface area contributed by atoms with Crippen molar-refractivity contribution in [2.24, 2.45) is 5.73 Å². The van der Waals surface area contributed by atoms with Crippen LogP contribution in [0.5, 0.6) is 0 Å². The smallest absolute Gasteiger partial charge is 0.135 e. The van der Waals surface area contributed by atoms with E-state index in [2.05, 4.69) is 13.8 Å². The molecule has 1 aromatic heterocycles. The zero-order chi connectivity index (χ0) is 11.0. The number of nitrogens with one attached hydrogen (secondary N) is 1. The standard InChI is InChI=1S/C12H14N2O.2ClH/c1-7(2)10-5-8-3-4-9(12(13)14)6-11(8)15-10;;/h3-7H,1-2H3,(H3,13,14);2*1H. The van der Waals surface area contributed by atoms with Gasteiger partial charge >= 0.3 is 0 Å². The minimum absolute atomic E-state index is 0. The zero-order valence-electron chi connectivity index (χ0n) is 9.69. The third kappa shape index (κ3) is 3.14. The van der Waals surface area contributed by atoms with E-state index in [1.807, 2.05) is 24.3 Å². The van der Waals surface area contributed by atoms with Gasteiger partial charge in [0, 0.05) is 16.9 Å². The van der Waals surface area contributed by atoms with E-state index in [9.17, 15) is 0 Å². The number of amidine groups is 1. The summed E-state index contributed by atoms with van der Waals surface area (Å²) >= 11 is 0. The van der Waals surface area contributed by atoms with E-state index in [1.54, 1.807) is 0 Å². The maximum Gasteiger partial charge on any atom is 0.135 e. The number of nitrogen functional groups attached to an aromatic ring is 1. The molecule has 0 atom stereocenters. The van der Waals surface area contributed by atoms with Crippen molar-refractivity contribution in [3.8, 4) is 0 Å². The maximum atomic E-state index is 7.34. The van der Waals surface area contributed by atoms with Gasteiger partial charge < -0.3 is 10.2 Å². The van der Waals surface area contributed by atoms with Crippen molar-refractivity contribution in [1.29, 1.82) is 5.41 Å². The molecule has 5 heteroatoms. The summed E-state index contributed by atoms with van der Waals surface area (Å²) in [5.74, 6) is 1.41. The molecule has 0 aliphatic rings. The van der Waals surface area contributed by atoms with Crippen molar-refractivity contribution < 1.29 is 4.42 Å². The molecule has 0 radical (unpaired) electrons. The van der Waals surface area contributed by atoms with Gasteiger partial charge in [0.1, 0.15) is 17.2 Å². The Hall–Kier alpha value is -1.19. The molecule has 0 aliphatic carbocycles. The Balaban J connectivity index is 0.00000128. The van der Waals surface area contributed by atoms with E-state index < -0.39 is 0 Å². The Kier molecular flexibility index (Phi) is 5.52. The molecule has 0 amide bonds. The highest BCUT2D eigenvalue weighted by molar-refractivity contribution is 5.98. The molecule has 3 nitrogen and oxygen atoms in total. The molecule has 94 valence electrons. The van der Waals surface area contributed by atoms with Gasteiger partial charge in [0.2, 0.25) is 0 Å². The Morgan fingerprint density at radius 1 is 1.24 bits per heavy atom. The minimum Gasteiger partial charge on any atom is -0.461 e. The van der Waals surface area contributed by atoms with Crippen molar-refractivity contribution in [1.82, 2.24) is 0 Å². The first-order chi connectivity index (χ1) is 7.08. The van der Waals surface area contributed by atoms with Crippen LogP contribution in [0.25, 0.3) is 11.0 Å². The molecule has 0 unspecified atom stereocenters. The van der Waals surface area contributed by atoms with Gasteiger partial charge in [0.15, 0.2) is 0 Å². The topological polar surface area (TPSA) is 63.0 Å². The number of nitrogens with two attached hydrogens (primary N) is 1. The SMILES string of the molecule is CC(C)c1cc2ccc(C(=N)N)cc2o1.Cl.Cl. The van der Waals surface area contributed by atoms with Gasteiger partial charge in [0.25, 0.3) is 0 Å². The van der Waals surface area contributed by atoms with E-state index in [4.69, 9.17) is 15.6 Å². The van der Waals surface area contributed by atoms with E-state index >= 15 is 0 Å². The average molecular weight is 275 g/mol. The number of hydrogen-bond acceptors (Lipinski definition) is 2. The molecule has 3 N–H and O–H groups in total. The van der Waals surface area contributed by atoms with Crippen LogP contribution < -0.4 is 5.73 Å². The molecule has 0 aliphatic heterocycles. The van der Waals surface area contributed by atoms with Crippen LogP contribution in [-0.2, 0) is 0 Å². The molecule has 0 spiro atoms. The summed E-state index contributed by atoms with van der Waals surface area (Å²) in [4.78, 5) is 0. The summed E-state index contributed by atoms with van der Waals surface area (Å²) in [6.07, 6.45) is 0. The molecule has 0 saturated carbocycles. The van der Waals surface area contributed by atoms with E-state index in [-0.39, 0.29) is 30.6 Å². The van der Waals surface area contributed by atoms with Crippen molar-refractivity contribution in [3.05, 3.63) is 35.6 Å². The summed E-state index contributed by atoms with van der Waals surface area (Å²) < 4.78 is 5.67. The van der Waals surface area contributed by atoms with Crippen LogP contribution in [0.1, 0.15) is 31.1 Å². The lowest BCUT2D eigenvalue weighted by atomic mass is 10.1. The van der Waals surface area contributed by atoms with E-state index in [1.165, 1.54) is 0 Å². The molecule has 0 saturated heterocycles. The number of hydrogen-bond donors (Lipinski definition) is 2. The van der Waals surface area contributed by atoms with E-state index in [0.717, 1.165) is 16.7 Å². The first kappa shape index (κ1) is 15.8. The second-order valence-corrected chi connectivity index (χ2v) is 3.97. The average Bonchev–Trinajstić information content (AvgIpc) is 2.59. The summed E-state index contributed by atoms with van der Waals surface area (Å²) in [6, 6.07) is 7.61. The van der Waals surface area contributed by atoms with Crippen LogP contribution in [-0.4, -0.2) is 5.84 Å². The van der Waals surface area contributed by atoms with Crippen molar-refractivity contribution >= 4 is 41.6 Å². The Bertz CT molecular complexity index is 520. The second kappa shape index (κ2) is 5.94. The predicted octanol–water partition coefficient (Wildman–Crippen LogP) is 3.68. The fraction of sp³-hybridized carbons (Fsp3) is 0.250. The summed E-state index contributed by atoms with van der Waals surface area (Å²) in [7, 11) is 0. The van der Waals surface area contributed by atoms with Crippen LogP contribution >= 0.6 is 24.8 Å². The lowest BCUT2D eigenvalue weighted by Crippen LogP contribution is -2.10. The number of halogens is 2. The van der Waals surface area contributed by atoms with Crippen molar-refractivity contribution in [2.75, 3.05) is 0 Å². The third-order valence-corrected chi connectivity index (χ3v) is 2.42. The number of rotatable bonds is 2. The second-order valence-electron chi connectivity index (χ2n) is 3.97. The van der Waals surface area contributed by atoms with Gasteiger partial charge in [-0.2, -0.15) is 0 Å². The first-order valence-corrected chi connectivity index (χ1v) is 4.96. The molecule has 2 aromatic rings. The van der Waals surface area contributed by atoms with Gasteiger partial charge in [-0.05, 0) is 12.1 Å². The van der Waals surface area contributed by atoms with Gasteiger partial charge in [-0.25, -0.2) is 0 Å². The van der Waals surface area contributed by atoms with Crippen molar-refractivity contribution in [3.63, 3.8) is 0 Å². The van der Waals surface area contributed by atoms with Crippen LogP contribution in [0.3, 0.4) is 0 Å². The van der Waals surface area contributed by atoms with Crippen LogP contribution in [0.4, 0.5) is 0 Å². The molecular weight excluding hydrogens is 259 g/mol. The molecule has 17 heavy (non-hydrogen) atoms. The highest BCUT2D eigenvalue weighted by Crippen LogP contribution is 2.25. The van der Waals surface area contributed by atoms with Gasteiger partial charge in [-0.1, -0.05) is 26.0 Å². The number of benzene rings is 1. The van der Waals surface area contributed by atoms with Crippen LogP contribution in [0.15, 0.2) is 28.7 Å². The quantitative estimate of drug-likeness (QED) is 0.648. The monoisotopic (exact) mass is 274 g/mol. The molecule has 1 heterocycles. The van der Waals surface area contributed by atoms with Crippen molar-refractivity contribution in [2.45, 2.75) is 19.8 Å². The largest absolute Gasteiger partial charge is 0.461 e. The third-order valence-electron chi connectivity index (χ3n) is 2.42. The highest BCUT2D eigenvalue weighted by Gasteiger charge is 2.08. The van der Waals surface area contributed by atoms with Gasteiger partial charge in [0.05, 0.1) is 0 Å². The normalized spacial score (nSPS) is 9.82. The molecular formula is C12H16Cl2N2O. The zero-order valence-corrected chi connectivity index (χ0v) is 11.3. The van der Waals surface area contributed by atoms with E-state index in [0.29, 0.717) is 11.5 Å². The predicted molar refractivity (Wildman–Crippen MR) is 75.8 cm³/mol. The summed E-state index contributed by atoms with van der Waals surface area (Å²) in [5, 5.41) is 8.40. The van der Waals surface area contributed by atoms with Gasteiger partial charge in [-0.15, -0.1) is 24.8 Å². The Morgan fingerprint density at radius 3 is 2.41 bits per heavy atom. The highest BCUT2D eigenvalue weighted by atomic mass is 35.5. The fourth-order valence-electron chi connectivity index (χ4n) is 1.50. The number of furan rings is 1. The number of fused-ring (bicyclic) bond motifs is 1. The Morgan fingerprint density at radius 2 is 1.88 bits per heavy atom. The lowest BCUT2D eigenvalue weighted by Gasteiger charge is -1.97. The molecule has 1 aromatic carbocycles. The van der Waals surface area contributed by atoms with Crippen LogP contribution in [0, 0.1) is 5.41 Å². The Labute approximate surface area is 113 Å². The first-order valence-electron chi connectivity index (χ1n) is 4.96. The maximum absolute atomic E-state index is 7.34. The molecule has 2 rings (SSSR count). The lowest BCUT2D eigenvalue weighted by molar-refractivity contribution is 0.521. The minimum atomic E-state index is 0. The fourth-order valence-corrected chi connectivity index (χ4v) is 1.50. The summed E-state index contributed by atoms with van der Waals surface area (Å²) in [6.45, 7) is 4.17. The summed E-state index contributed by atoms with van der Waals surface area (Å²) in [5.41, 5.74) is 6.91.